The van der Waals surface area contributed by atoms with E-state index in [0.29, 0.717) is 13.1 Å². The summed E-state index contributed by atoms with van der Waals surface area (Å²) in [7, 11) is 2.13. The molecule has 3 aromatic rings. The normalized spacial score (nSPS) is 15.9. The van der Waals surface area contributed by atoms with E-state index in [1.807, 2.05) is 60.7 Å². The first-order valence-corrected chi connectivity index (χ1v) is 11.1. The maximum atomic E-state index is 13.2. The van der Waals surface area contributed by atoms with Crippen LogP contribution < -0.4 is 10.9 Å². The van der Waals surface area contributed by atoms with Crippen molar-refractivity contribution in [1.82, 2.24) is 19.7 Å². The van der Waals surface area contributed by atoms with E-state index in [0.717, 1.165) is 37.3 Å². The smallest absolute Gasteiger partial charge is 0.263 e. The van der Waals surface area contributed by atoms with Crippen LogP contribution in [0, 0.1) is 0 Å². The Bertz CT molecular complexity index is 1070. The Morgan fingerprint density at radius 3 is 2.25 bits per heavy atom. The van der Waals surface area contributed by atoms with Crippen LogP contribution in [-0.4, -0.2) is 60.0 Å². The van der Waals surface area contributed by atoms with E-state index in [1.165, 1.54) is 0 Å². The zero-order valence-corrected chi connectivity index (χ0v) is 18.5. The zero-order chi connectivity index (χ0) is 22.3. The van der Waals surface area contributed by atoms with Gasteiger partial charge in [0.05, 0.1) is 12.6 Å². The third-order valence-electron chi connectivity index (χ3n) is 6.00. The van der Waals surface area contributed by atoms with Gasteiger partial charge in [0.1, 0.15) is 5.56 Å². The number of likely N-dealkylation sites (N-methyl/N-ethyl adjacent to an activating group) is 1. The molecule has 1 N–H and O–H groups in total. The van der Waals surface area contributed by atoms with Crippen molar-refractivity contribution in [3.63, 3.8) is 0 Å². The van der Waals surface area contributed by atoms with Crippen molar-refractivity contribution in [3.05, 3.63) is 106 Å². The fourth-order valence-electron chi connectivity index (χ4n) is 4.06. The summed E-state index contributed by atoms with van der Waals surface area (Å²) in [6, 6.07) is 22.9. The molecule has 6 nitrogen and oxygen atoms in total. The number of benzene rings is 2. The Hall–Kier alpha value is -3.22. The minimum absolute atomic E-state index is 0.169. The summed E-state index contributed by atoms with van der Waals surface area (Å²) >= 11 is 0. The molecular weight excluding hydrogens is 400 g/mol. The molecule has 1 aliphatic heterocycles. The van der Waals surface area contributed by atoms with Crippen molar-refractivity contribution < 1.29 is 4.79 Å². The van der Waals surface area contributed by atoms with E-state index >= 15 is 0 Å². The van der Waals surface area contributed by atoms with Crippen LogP contribution in [0.5, 0.6) is 0 Å². The number of amides is 1. The second-order valence-electron chi connectivity index (χ2n) is 8.38. The average molecular weight is 431 g/mol. The number of piperazine rings is 1. The summed E-state index contributed by atoms with van der Waals surface area (Å²) in [5.74, 6) is -0.333. The maximum absolute atomic E-state index is 13.2. The second-order valence-corrected chi connectivity index (χ2v) is 8.38. The molecule has 1 amide bonds. The minimum atomic E-state index is -0.333. The number of hydrogen-bond donors (Lipinski definition) is 1. The Labute approximate surface area is 189 Å². The summed E-state index contributed by atoms with van der Waals surface area (Å²) in [4.78, 5) is 30.9. The van der Waals surface area contributed by atoms with Gasteiger partial charge in [-0.25, -0.2) is 0 Å². The molecule has 0 radical (unpaired) electrons. The fraction of sp³-hybridized carbons (Fsp3) is 0.308. The number of carbonyl (C=O) groups excluding carboxylic acids is 1. The molecule has 1 unspecified atom stereocenters. The lowest BCUT2D eigenvalue weighted by Gasteiger charge is -2.35. The van der Waals surface area contributed by atoms with Crippen molar-refractivity contribution in [3.8, 4) is 0 Å². The molecule has 1 fully saturated rings. The van der Waals surface area contributed by atoms with Gasteiger partial charge in [-0.1, -0.05) is 60.7 Å². The topological polar surface area (TPSA) is 57.6 Å². The predicted octanol–water partition coefficient (Wildman–Crippen LogP) is 2.62. The molecule has 1 aromatic heterocycles. The third-order valence-corrected chi connectivity index (χ3v) is 6.00. The maximum Gasteiger partial charge on any atom is 0.263 e. The van der Waals surface area contributed by atoms with E-state index < -0.39 is 0 Å². The lowest BCUT2D eigenvalue weighted by atomic mass is 10.1. The highest BCUT2D eigenvalue weighted by Crippen LogP contribution is 2.16. The molecule has 166 valence electrons. The number of hydrogen-bond acceptors (Lipinski definition) is 4. The standard InChI is InChI=1S/C26H30N4O2/c1-28-15-17-29(18-16-28)20-24(22-11-6-3-7-12-22)27-25(31)23-13-8-14-30(26(23)32)19-21-9-4-2-5-10-21/h2-14,24H,15-20H2,1H3,(H,27,31). The second kappa shape index (κ2) is 10.4. The van der Waals surface area contributed by atoms with Gasteiger partial charge in [0.25, 0.3) is 11.5 Å². The number of pyridine rings is 1. The van der Waals surface area contributed by atoms with Gasteiger partial charge in [-0.3, -0.25) is 14.5 Å². The zero-order valence-electron chi connectivity index (χ0n) is 18.5. The Morgan fingerprint density at radius 1 is 0.906 bits per heavy atom. The van der Waals surface area contributed by atoms with Crippen molar-refractivity contribution in [1.29, 1.82) is 0 Å². The van der Waals surface area contributed by atoms with Crippen LogP contribution >= 0.6 is 0 Å². The summed E-state index contributed by atoms with van der Waals surface area (Å²) in [6.45, 7) is 5.10. The van der Waals surface area contributed by atoms with Gasteiger partial charge in [0.2, 0.25) is 0 Å². The molecule has 2 heterocycles. The number of aromatic nitrogens is 1. The third kappa shape index (κ3) is 5.52. The lowest BCUT2D eigenvalue weighted by molar-refractivity contribution is 0.0905. The molecule has 0 saturated carbocycles. The summed E-state index contributed by atoms with van der Waals surface area (Å²) in [6.07, 6.45) is 1.73. The van der Waals surface area contributed by atoms with Crippen LogP contribution in [0.15, 0.2) is 83.8 Å². The first-order chi connectivity index (χ1) is 15.6. The molecule has 1 aliphatic rings. The van der Waals surface area contributed by atoms with Crippen molar-refractivity contribution >= 4 is 5.91 Å². The molecule has 0 spiro atoms. The predicted molar refractivity (Wildman–Crippen MR) is 127 cm³/mol. The van der Waals surface area contributed by atoms with E-state index in [1.54, 1.807) is 22.9 Å². The van der Waals surface area contributed by atoms with Crippen LogP contribution in [0.2, 0.25) is 0 Å². The van der Waals surface area contributed by atoms with Crippen LogP contribution in [0.1, 0.15) is 27.5 Å². The SMILES string of the molecule is CN1CCN(CC(NC(=O)c2cccn(Cc3ccccc3)c2=O)c2ccccc2)CC1. The van der Waals surface area contributed by atoms with E-state index in [4.69, 9.17) is 0 Å². The highest BCUT2D eigenvalue weighted by Gasteiger charge is 2.23. The van der Waals surface area contributed by atoms with Crippen molar-refractivity contribution in [2.24, 2.45) is 0 Å². The molecule has 4 rings (SSSR count). The number of nitrogens with one attached hydrogen (secondary N) is 1. The molecule has 32 heavy (non-hydrogen) atoms. The summed E-state index contributed by atoms with van der Waals surface area (Å²) in [5, 5.41) is 3.13. The molecule has 1 atom stereocenters. The number of nitrogens with zero attached hydrogens (tertiary/aromatic N) is 3. The lowest BCUT2D eigenvalue weighted by Crippen LogP contribution is -2.48. The van der Waals surface area contributed by atoms with Crippen LogP contribution in [0.4, 0.5) is 0 Å². The minimum Gasteiger partial charge on any atom is -0.344 e. The Kier molecular flexibility index (Phi) is 7.14. The van der Waals surface area contributed by atoms with Crippen LogP contribution in [0.3, 0.4) is 0 Å². The molecular formula is C26H30N4O2. The molecule has 1 saturated heterocycles. The average Bonchev–Trinajstić information content (AvgIpc) is 2.82. The molecule has 2 aromatic carbocycles. The monoisotopic (exact) mass is 430 g/mol. The quantitative estimate of drug-likeness (QED) is 0.626. The van der Waals surface area contributed by atoms with E-state index in [2.05, 4.69) is 22.2 Å². The van der Waals surface area contributed by atoms with Crippen LogP contribution in [-0.2, 0) is 6.54 Å². The highest BCUT2D eigenvalue weighted by atomic mass is 16.2. The fourth-order valence-corrected chi connectivity index (χ4v) is 4.06. The summed E-state index contributed by atoms with van der Waals surface area (Å²) < 4.78 is 1.59. The number of rotatable bonds is 7. The molecule has 0 bridgehead atoms. The largest absolute Gasteiger partial charge is 0.344 e. The van der Waals surface area contributed by atoms with Crippen molar-refractivity contribution in [2.75, 3.05) is 39.8 Å². The van der Waals surface area contributed by atoms with Gasteiger partial charge in [0.15, 0.2) is 0 Å². The van der Waals surface area contributed by atoms with Gasteiger partial charge >= 0.3 is 0 Å². The molecule has 0 aliphatic carbocycles. The Morgan fingerprint density at radius 2 is 1.56 bits per heavy atom. The van der Waals surface area contributed by atoms with E-state index in [9.17, 15) is 9.59 Å². The first kappa shape index (κ1) is 22.0. The van der Waals surface area contributed by atoms with E-state index in [-0.39, 0.29) is 23.1 Å². The van der Waals surface area contributed by atoms with Gasteiger partial charge in [-0.05, 0) is 30.3 Å². The van der Waals surface area contributed by atoms with Gasteiger partial charge in [0, 0.05) is 38.9 Å². The highest BCUT2D eigenvalue weighted by molar-refractivity contribution is 5.94. The Balaban J connectivity index is 1.53. The number of carbonyl (C=O) groups is 1. The van der Waals surface area contributed by atoms with Gasteiger partial charge < -0.3 is 14.8 Å². The van der Waals surface area contributed by atoms with Crippen LogP contribution in [0.25, 0.3) is 0 Å². The summed E-state index contributed by atoms with van der Waals surface area (Å²) in [5.41, 5.74) is 1.95. The van der Waals surface area contributed by atoms with Gasteiger partial charge in [-0.2, -0.15) is 0 Å². The molecule has 6 heteroatoms. The van der Waals surface area contributed by atoms with Crippen molar-refractivity contribution in [2.45, 2.75) is 12.6 Å². The van der Waals surface area contributed by atoms with Gasteiger partial charge in [-0.15, -0.1) is 0 Å². The first-order valence-electron chi connectivity index (χ1n) is 11.1.